The minimum absolute atomic E-state index is 0.00576. The van der Waals surface area contributed by atoms with Gasteiger partial charge >= 0.3 is 12.1 Å². The van der Waals surface area contributed by atoms with Gasteiger partial charge in [0.2, 0.25) is 0 Å². The minimum atomic E-state index is -4.53. The van der Waals surface area contributed by atoms with Gasteiger partial charge in [0.1, 0.15) is 16.8 Å². The molecule has 1 heterocycles. The first-order chi connectivity index (χ1) is 13.4. The number of alkyl halides is 3. The van der Waals surface area contributed by atoms with Gasteiger partial charge in [0, 0.05) is 6.42 Å². The number of rotatable bonds is 4. The van der Waals surface area contributed by atoms with E-state index in [-0.39, 0.29) is 28.6 Å². The second kappa shape index (κ2) is 7.06. The Morgan fingerprint density at radius 1 is 1.07 bits per heavy atom. The van der Waals surface area contributed by atoms with Gasteiger partial charge < -0.3 is 10.2 Å². The Kier molecular flexibility index (Phi) is 5.02. The number of carbonyl (C=O) groups is 1. The van der Waals surface area contributed by atoms with Gasteiger partial charge in [0.25, 0.3) is 0 Å². The van der Waals surface area contributed by atoms with Crippen molar-refractivity contribution >= 4 is 17.0 Å². The first kappa shape index (κ1) is 20.6. The fraction of sp³-hybridized carbons (Fsp3) is 0.350. The number of hydrogen-bond acceptors (Lipinski definition) is 4. The average Bonchev–Trinajstić information content (AvgIpc) is 3.01. The number of aromatic nitrogens is 3. The Bertz CT molecular complexity index is 1070. The molecule has 2 N–H and O–H groups in total. The van der Waals surface area contributed by atoms with E-state index >= 15 is 0 Å². The van der Waals surface area contributed by atoms with E-state index < -0.39 is 23.8 Å². The smallest absolute Gasteiger partial charge is 0.416 e. The van der Waals surface area contributed by atoms with Crippen molar-refractivity contribution in [2.24, 2.45) is 0 Å². The van der Waals surface area contributed by atoms with Crippen molar-refractivity contribution in [2.45, 2.75) is 44.8 Å². The van der Waals surface area contributed by atoms with Crippen molar-refractivity contribution in [2.75, 3.05) is 0 Å². The molecule has 3 aromatic rings. The molecule has 0 aliphatic carbocycles. The van der Waals surface area contributed by atoms with Gasteiger partial charge in [-0.25, -0.2) is 4.79 Å². The maximum absolute atomic E-state index is 12.9. The standard InChI is InChI=1S/C20H20F3N3O3/c1-19(2,3)13-8-11(4-7-17(13)27)9-16(18(28)29)26-24-14-6-5-12(20(21,22)23)10-15(14)25-26/h4-8,10,16,27H,9H2,1-3H3,(H,28,29). The van der Waals surface area contributed by atoms with Gasteiger partial charge in [-0.1, -0.05) is 32.9 Å². The fourth-order valence-electron chi connectivity index (χ4n) is 3.05. The maximum Gasteiger partial charge on any atom is 0.416 e. The molecular formula is C20H20F3N3O3. The third-order valence-electron chi connectivity index (χ3n) is 4.58. The molecular weight excluding hydrogens is 387 g/mol. The Hall–Kier alpha value is -3.10. The van der Waals surface area contributed by atoms with Crippen LogP contribution in [-0.2, 0) is 22.8 Å². The quantitative estimate of drug-likeness (QED) is 0.672. The molecule has 1 aromatic heterocycles. The van der Waals surface area contributed by atoms with Gasteiger partial charge in [-0.2, -0.15) is 28.2 Å². The van der Waals surface area contributed by atoms with E-state index in [4.69, 9.17) is 0 Å². The number of phenols is 1. The van der Waals surface area contributed by atoms with Crippen LogP contribution in [0.4, 0.5) is 13.2 Å². The van der Waals surface area contributed by atoms with Gasteiger partial charge in [-0.15, -0.1) is 0 Å². The van der Waals surface area contributed by atoms with Crippen LogP contribution in [0.25, 0.3) is 11.0 Å². The topological polar surface area (TPSA) is 88.2 Å². The molecule has 9 heteroatoms. The number of halogens is 3. The molecule has 0 spiro atoms. The number of benzene rings is 2. The molecule has 3 rings (SSSR count). The Morgan fingerprint density at radius 2 is 1.72 bits per heavy atom. The molecule has 0 radical (unpaired) electrons. The molecule has 0 aliphatic rings. The van der Waals surface area contributed by atoms with Crippen LogP contribution in [-0.4, -0.2) is 31.2 Å². The highest BCUT2D eigenvalue weighted by molar-refractivity contribution is 5.76. The number of aromatic hydroxyl groups is 1. The molecule has 1 atom stereocenters. The van der Waals surface area contributed by atoms with Crippen LogP contribution in [0, 0.1) is 0 Å². The predicted octanol–water partition coefficient (Wildman–Crippen LogP) is 4.32. The molecule has 0 saturated heterocycles. The molecule has 6 nitrogen and oxygen atoms in total. The third kappa shape index (κ3) is 4.33. The Labute approximate surface area is 164 Å². The van der Waals surface area contributed by atoms with Crippen LogP contribution in [0.3, 0.4) is 0 Å². The summed E-state index contributed by atoms with van der Waals surface area (Å²) in [5.41, 5.74) is 0.200. The number of carboxylic acids is 1. The number of carboxylic acid groups (broad SMARTS) is 1. The predicted molar refractivity (Wildman–Crippen MR) is 99.7 cm³/mol. The summed E-state index contributed by atoms with van der Waals surface area (Å²) in [6.07, 6.45) is -4.52. The summed E-state index contributed by atoms with van der Waals surface area (Å²) in [5, 5.41) is 27.7. The van der Waals surface area contributed by atoms with Crippen molar-refractivity contribution in [1.29, 1.82) is 0 Å². The van der Waals surface area contributed by atoms with Crippen molar-refractivity contribution < 1.29 is 28.2 Å². The van der Waals surface area contributed by atoms with E-state index in [1.54, 1.807) is 12.1 Å². The molecule has 0 bridgehead atoms. The molecule has 29 heavy (non-hydrogen) atoms. The number of aliphatic carboxylic acids is 1. The number of nitrogens with zero attached hydrogens (tertiary/aromatic N) is 3. The van der Waals surface area contributed by atoms with E-state index in [9.17, 15) is 28.2 Å². The molecule has 0 aliphatic heterocycles. The lowest BCUT2D eigenvalue weighted by Gasteiger charge is -2.22. The summed E-state index contributed by atoms with van der Waals surface area (Å²) in [7, 11) is 0. The summed E-state index contributed by atoms with van der Waals surface area (Å²) in [4.78, 5) is 12.8. The maximum atomic E-state index is 12.9. The van der Waals surface area contributed by atoms with E-state index in [1.807, 2.05) is 20.8 Å². The largest absolute Gasteiger partial charge is 0.508 e. The van der Waals surface area contributed by atoms with Crippen molar-refractivity contribution in [3.63, 3.8) is 0 Å². The lowest BCUT2D eigenvalue weighted by molar-refractivity contribution is -0.141. The molecule has 1 unspecified atom stereocenters. The van der Waals surface area contributed by atoms with E-state index in [0.717, 1.165) is 16.9 Å². The van der Waals surface area contributed by atoms with Crippen LogP contribution in [0.1, 0.15) is 43.5 Å². The Balaban J connectivity index is 1.98. The zero-order valence-electron chi connectivity index (χ0n) is 16.0. The summed E-state index contributed by atoms with van der Waals surface area (Å²) in [6.45, 7) is 5.75. The molecule has 2 aromatic carbocycles. The van der Waals surface area contributed by atoms with Gasteiger partial charge in [0.15, 0.2) is 6.04 Å². The number of fused-ring (bicyclic) bond motifs is 1. The molecule has 0 saturated carbocycles. The highest BCUT2D eigenvalue weighted by Gasteiger charge is 2.31. The average molecular weight is 407 g/mol. The summed E-state index contributed by atoms with van der Waals surface area (Å²) >= 11 is 0. The van der Waals surface area contributed by atoms with Crippen LogP contribution in [0.2, 0.25) is 0 Å². The molecule has 0 amide bonds. The monoisotopic (exact) mass is 407 g/mol. The normalized spacial score (nSPS) is 13.6. The van der Waals surface area contributed by atoms with Gasteiger partial charge in [-0.3, -0.25) is 0 Å². The van der Waals surface area contributed by atoms with Crippen molar-refractivity contribution in [3.05, 3.63) is 53.1 Å². The second-order valence-electron chi connectivity index (χ2n) is 7.88. The Morgan fingerprint density at radius 3 is 2.31 bits per heavy atom. The number of hydrogen-bond donors (Lipinski definition) is 2. The highest BCUT2D eigenvalue weighted by Crippen LogP contribution is 2.33. The second-order valence-corrected chi connectivity index (χ2v) is 7.88. The molecule has 154 valence electrons. The zero-order valence-corrected chi connectivity index (χ0v) is 16.0. The lowest BCUT2D eigenvalue weighted by Crippen LogP contribution is -2.24. The summed E-state index contributed by atoms with van der Waals surface area (Å²) in [5.74, 6) is -1.11. The zero-order chi connectivity index (χ0) is 21.6. The fourth-order valence-corrected chi connectivity index (χ4v) is 3.05. The lowest BCUT2D eigenvalue weighted by atomic mass is 9.85. The first-order valence-electron chi connectivity index (χ1n) is 8.85. The SMILES string of the molecule is CC(C)(C)c1cc(CC(C(=O)O)n2nc3ccc(C(F)(F)F)cc3n2)ccc1O. The molecule has 0 fully saturated rings. The summed E-state index contributed by atoms with van der Waals surface area (Å²) in [6, 6.07) is 6.50. The van der Waals surface area contributed by atoms with Gasteiger partial charge in [0.05, 0.1) is 5.56 Å². The van der Waals surface area contributed by atoms with Gasteiger partial charge in [-0.05, 0) is 40.8 Å². The van der Waals surface area contributed by atoms with Crippen molar-refractivity contribution in [1.82, 2.24) is 15.0 Å². The third-order valence-corrected chi connectivity index (χ3v) is 4.58. The minimum Gasteiger partial charge on any atom is -0.508 e. The van der Waals surface area contributed by atoms with Crippen LogP contribution in [0.5, 0.6) is 5.75 Å². The van der Waals surface area contributed by atoms with E-state index in [2.05, 4.69) is 10.2 Å². The number of phenolic OH excluding ortho intramolecular Hbond substituents is 1. The summed E-state index contributed by atoms with van der Waals surface area (Å²) < 4.78 is 38.7. The first-order valence-corrected chi connectivity index (χ1v) is 8.85. The highest BCUT2D eigenvalue weighted by atomic mass is 19.4. The van der Waals surface area contributed by atoms with Crippen molar-refractivity contribution in [3.8, 4) is 5.75 Å². The van der Waals surface area contributed by atoms with Crippen LogP contribution >= 0.6 is 0 Å². The van der Waals surface area contributed by atoms with E-state index in [0.29, 0.717) is 11.1 Å². The van der Waals surface area contributed by atoms with Crippen LogP contribution < -0.4 is 0 Å². The van der Waals surface area contributed by atoms with Crippen LogP contribution in [0.15, 0.2) is 36.4 Å². The van der Waals surface area contributed by atoms with E-state index in [1.165, 1.54) is 12.1 Å².